The van der Waals surface area contributed by atoms with Crippen molar-refractivity contribution in [3.63, 3.8) is 0 Å². The Morgan fingerprint density at radius 1 is 1.11 bits per heavy atom. The Labute approximate surface area is 230 Å². The molecule has 0 bridgehead atoms. The van der Waals surface area contributed by atoms with E-state index in [1.54, 1.807) is 0 Å². The van der Waals surface area contributed by atoms with Crippen LogP contribution in [0, 0.1) is 18.8 Å². The molecule has 3 rings (SSSR count). The number of halogens is 1. The summed E-state index contributed by atoms with van der Waals surface area (Å²) in [5.74, 6) is 0.567. The molecule has 0 amide bonds. The minimum Gasteiger partial charge on any atom is -0.494 e. The Kier molecular flexibility index (Phi) is 14.5. The van der Waals surface area contributed by atoms with Gasteiger partial charge in [-0.05, 0) is 44.5 Å². The molecular weight excluding hydrogens is 575 g/mol. The molecule has 1 saturated heterocycles. The molecule has 12 heteroatoms. The number of esters is 1. The smallest absolute Gasteiger partial charge is 0.311 e. The van der Waals surface area contributed by atoms with Gasteiger partial charge >= 0.3 is 5.97 Å². The maximum absolute atomic E-state index is 11.6. The third-order valence-corrected chi connectivity index (χ3v) is 7.83. The van der Waals surface area contributed by atoms with Gasteiger partial charge in [-0.1, -0.05) is 66.2 Å². The molecule has 0 spiro atoms. The third-order valence-electron chi connectivity index (χ3n) is 5.80. The average Bonchev–Trinajstić information content (AvgIpc) is 2.84. The number of carbonyl (C=O) groups is 1. The lowest BCUT2D eigenvalue weighted by atomic mass is 9.87. The van der Waals surface area contributed by atoms with Crippen molar-refractivity contribution in [1.82, 2.24) is 0 Å². The second-order valence-corrected chi connectivity index (χ2v) is 15.2. The van der Waals surface area contributed by atoms with Crippen molar-refractivity contribution in [3.05, 3.63) is 64.2 Å². The first kappa shape index (κ1) is 32.2. The van der Waals surface area contributed by atoms with E-state index in [4.69, 9.17) is 34.6 Å². The van der Waals surface area contributed by atoms with Crippen LogP contribution in [-0.2, 0) is 23.1 Å². The average molecular weight is 611 g/mol. The first-order valence-corrected chi connectivity index (χ1v) is 17.3. The van der Waals surface area contributed by atoms with E-state index >= 15 is 0 Å². The third kappa shape index (κ3) is 9.35. The fourth-order valence-corrected chi connectivity index (χ4v) is 6.08. The van der Waals surface area contributed by atoms with Gasteiger partial charge in [0.25, 0.3) is 0 Å². The van der Waals surface area contributed by atoms with Gasteiger partial charge in [0.1, 0.15) is 18.0 Å². The highest BCUT2D eigenvalue weighted by Gasteiger charge is 2.42. The second kappa shape index (κ2) is 16.2. The van der Waals surface area contributed by atoms with Crippen molar-refractivity contribution < 1.29 is 27.8 Å². The van der Waals surface area contributed by atoms with E-state index in [0.29, 0.717) is 18.2 Å². The lowest BCUT2D eigenvalue weighted by Crippen LogP contribution is -2.48. The van der Waals surface area contributed by atoms with Crippen molar-refractivity contribution in [2.75, 3.05) is 13.2 Å². The number of hydrogen-bond acceptors (Lipinski definition) is 6. The Balaban J connectivity index is 0.000000261. The molecular formula is C24H36ClO6P5. The predicted octanol–water partition coefficient (Wildman–Crippen LogP) is 7.30. The number of cyclic esters (lactones) is 1. The molecule has 0 saturated carbocycles. The molecule has 200 valence electrons. The van der Waals surface area contributed by atoms with Crippen LogP contribution < -0.4 is 4.74 Å². The van der Waals surface area contributed by atoms with Crippen LogP contribution in [-0.4, -0.2) is 31.4 Å². The van der Waals surface area contributed by atoms with E-state index in [1.807, 2.05) is 70.2 Å². The Morgan fingerprint density at radius 2 is 1.78 bits per heavy atom. The monoisotopic (exact) mass is 610 g/mol. The highest BCUT2D eigenvalue weighted by Crippen LogP contribution is 2.56. The molecule has 0 radical (unpaired) electrons. The van der Waals surface area contributed by atoms with Crippen molar-refractivity contribution >= 4 is 61.9 Å². The van der Waals surface area contributed by atoms with Crippen molar-refractivity contribution in [3.8, 4) is 5.75 Å². The summed E-state index contributed by atoms with van der Waals surface area (Å²) in [6, 6.07) is 13.8. The van der Waals surface area contributed by atoms with Crippen LogP contribution in [0.15, 0.2) is 42.5 Å². The number of hydrogen-bond donors (Lipinski definition) is 0. The molecule has 6 nitrogen and oxygen atoms in total. The Morgan fingerprint density at radius 3 is 2.33 bits per heavy atom. The summed E-state index contributed by atoms with van der Waals surface area (Å²) in [5, 5.41) is 0.705. The maximum Gasteiger partial charge on any atom is 0.311 e. The van der Waals surface area contributed by atoms with Crippen LogP contribution in [0.4, 0.5) is 0 Å². The minimum absolute atomic E-state index is 0.104. The maximum atomic E-state index is 11.6. The summed E-state index contributed by atoms with van der Waals surface area (Å²) in [4.78, 5) is 11.6. The summed E-state index contributed by atoms with van der Waals surface area (Å²) in [6.07, 6.45) is -0.535. The quantitative estimate of drug-likeness (QED) is 0.219. The molecule has 2 aromatic carbocycles. The van der Waals surface area contributed by atoms with Crippen molar-refractivity contribution in [1.29, 1.82) is 0 Å². The largest absolute Gasteiger partial charge is 0.494 e. The van der Waals surface area contributed by atoms with Gasteiger partial charge in [-0.25, -0.2) is 0 Å². The number of aryl methyl sites for hydroxylation is 1. The Hall–Kier alpha value is 0.0300. The topological polar surface area (TPSA) is 63.2 Å². The van der Waals surface area contributed by atoms with Crippen LogP contribution in [0.25, 0.3) is 0 Å². The number of benzene rings is 2. The summed E-state index contributed by atoms with van der Waals surface area (Å²) in [5.41, 5.74) is 3.16. The van der Waals surface area contributed by atoms with Gasteiger partial charge in [0.05, 0.1) is 32.8 Å². The molecule has 0 aliphatic carbocycles. The van der Waals surface area contributed by atoms with Gasteiger partial charge < -0.3 is 23.0 Å². The zero-order valence-corrected chi connectivity index (χ0v) is 27.2. The van der Waals surface area contributed by atoms with Crippen molar-refractivity contribution in [2.24, 2.45) is 11.8 Å². The first-order valence-electron chi connectivity index (χ1n) is 11.5. The summed E-state index contributed by atoms with van der Waals surface area (Å²) >= 11 is 6.29. The second-order valence-electron chi connectivity index (χ2n) is 8.43. The van der Waals surface area contributed by atoms with Gasteiger partial charge in [-0.15, -0.1) is 0 Å². The van der Waals surface area contributed by atoms with Crippen LogP contribution in [0.1, 0.15) is 43.6 Å². The zero-order chi connectivity index (χ0) is 26.8. The summed E-state index contributed by atoms with van der Waals surface area (Å²) in [6.45, 7) is 8.92. The first-order chi connectivity index (χ1) is 17.1. The van der Waals surface area contributed by atoms with Crippen LogP contribution in [0.5, 0.6) is 5.75 Å². The molecule has 1 aliphatic rings. The van der Waals surface area contributed by atoms with E-state index in [9.17, 15) is 4.79 Å². The van der Waals surface area contributed by atoms with Crippen LogP contribution >= 0.6 is 55.9 Å². The highest BCUT2D eigenvalue weighted by atomic mass is 35.5. The molecule has 5 unspecified atom stereocenters. The van der Waals surface area contributed by atoms with E-state index in [2.05, 4.69) is 36.8 Å². The lowest BCUT2D eigenvalue weighted by Gasteiger charge is -2.39. The van der Waals surface area contributed by atoms with Crippen LogP contribution in [0.2, 0.25) is 5.02 Å². The fourth-order valence-electron chi connectivity index (χ4n) is 3.87. The van der Waals surface area contributed by atoms with E-state index in [-0.39, 0.29) is 36.1 Å². The number of rotatable bonds is 9. The molecule has 9 atom stereocenters. The molecule has 0 N–H and O–H groups in total. The predicted molar refractivity (Wildman–Crippen MR) is 162 cm³/mol. The van der Waals surface area contributed by atoms with Gasteiger partial charge in [0.2, 0.25) is 0 Å². The fraction of sp³-hybridized carbons (Fsp3) is 0.458. The molecule has 1 heterocycles. The van der Waals surface area contributed by atoms with Crippen molar-refractivity contribution in [2.45, 2.75) is 46.0 Å². The molecule has 1 aliphatic heterocycles. The summed E-state index contributed by atoms with van der Waals surface area (Å²) < 4.78 is 27.1. The molecule has 1 fully saturated rings. The minimum atomic E-state index is -0.644. The number of ether oxygens (including phenoxy) is 2. The van der Waals surface area contributed by atoms with Gasteiger partial charge in [-0.2, -0.15) is 0 Å². The van der Waals surface area contributed by atoms with E-state index in [0.717, 1.165) is 22.4 Å². The highest BCUT2D eigenvalue weighted by molar-refractivity contribution is 8.41. The van der Waals surface area contributed by atoms with Gasteiger partial charge in [-0.3, -0.25) is 4.79 Å². The standard InChI is InChI=1S/C16H18ClO2P.C8H18O4P4/c1-3-18-13-7-5-12(6-8-13)16(19-20)14-10-11(2)4-9-15(14)17;1-4-6(3-10-13)11-8(9)5(2)7(4)12-16(14)15/h4-10,16H,3,20H2,1-2H3;4-7H,3,13-15H2,1-2H3/t;4-,5-,6-,7+/m.1/s1. The normalized spacial score (nSPS) is 22.4. The van der Waals surface area contributed by atoms with Gasteiger partial charge in [0.15, 0.2) is 0 Å². The molecule has 36 heavy (non-hydrogen) atoms. The number of carbonyl (C=O) groups excluding carboxylic acids is 1. The SMILES string of the molecule is CCOc1ccc(C(OP)c2cc(C)ccc2Cl)cc1.C[C@H]1[C@H](OP(P)P)[C@@H](C)C(=O)O[C@@H]1COP. The van der Waals surface area contributed by atoms with E-state index < -0.39 is 7.53 Å². The Bertz CT molecular complexity index is 965. The molecule has 0 aromatic heterocycles. The zero-order valence-electron chi connectivity index (χ0n) is 20.9. The molecule has 2 aromatic rings. The van der Waals surface area contributed by atoms with Crippen LogP contribution in [0.3, 0.4) is 0 Å². The van der Waals surface area contributed by atoms with E-state index in [1.165, 1.54) is 0 Å². The summed E-state index contributed by atoms with van der Waals surface area (Å²) in [7, 11) is 9.06. The lowest BCUT2D eigenvalue weighted by molar-refractivity contribution is -0.176. The van der Waals surface area contributed by atoms with Gasteiger partial charge in [0, 0.05) is 35.4 Å².